The smallest absolute Gasteiger partial charge is 0.248 e. The first-order valence-corrected chi connectivity index (χ1v) is 7.76. The van der Waals surface area contributed by atoms with Gasteiger partial charge in [-0.3, -0.25) is 9.59 Å². The average molecular weight is 318 g/mol. The van der Waals surface area contributed by atoms with Gasteiger partial charge in [0.15, 0.2) is 0 Å². The van der Waals surface area contributed by atoms with Crippen LogP contribution in [0.3, 0.4) is 0 Å². The van der Waals surface area contributed by atoms with Gasteiger partial charge in [-0.15, -0.1) is 11.3 Å². The van der Waals surface area contributed by atoms with Crippen LogP contribution in [0.25, 0.3) is 0 Å². The molecule has 0 saturated heterocycles. The molecular formula is C16H18N2O3S. The monoisotopic (exact) mass is 318 g/mol. The lowest BCUT2D eigenvalue weighted by atomic mass is 10.2. The average Bonchev–Trinajstić information content (AvgIpc) is 2.91. The van der Waals surface area contributed by atoms with Crippen LogP contribution in [-0.2, 0) is 11.3 Å². The molecule has 116 valence electrons. The number of carbonyl (C=O) groups excluding carboxylic acids is 2. The molecule has 1 aromatic heterocycles. The summed E-state index contributed by atoms with van der Waals surface area (Å²) in [4.78, 5) is 23.8. The number of nitrogens with two attached hydrogens (primary N) is 1. The Morgan fingerprint density at radius 1 is 1.23 bits per heavy atom. The van der Waals surface area contributed by atoms with Gasteiger partial charge < -0.3 is 15.8 Å². The van der Waals surface area contributed by atoms with Gasteiger partial charge in [-0.1, -0.05) is 0 Å². The molecule has 0 fully saturated rings. The number of hydrogen-bond acceptors (Lipinski definition) is 4. The van der Waals surface area contributed by atoms with Crippen molar-refractivity contribution >= 4 is 23.2 Å². The Balaban J connectivity index is 1.70. The van der Waals surface area contributed by atoms with E-state index in [0.717, 1.165) is 4.88 Å². The molecule has 0 aliphatic rings. The first kappa shape index (κ1) is 16.0. The fraction of sp³-hybridized carbons (Fsp3) is 0.250. The normalized spacial score (nSPS) is 10.2. The van der Waals surface area contributed by atoms with Crippen LogP contribution in [0.4, 0.5) is 0 Å². The third-order valence-electron chi connectivity index (χ3n) is 3.15. The highest BCUT2D eigenvalue weighted by atomic mass is 32.1. The van der Waals surface area contributed by atoms with Crippen molar-refractivity contribution < 1.29 is 14.3 Å². The predicted octanol–water partition coefficient (Wildman–Crippen LogP) is 2.24. The highest BCUT2D eigenvalue weighted by molar-refractivity contribution is 7.10. The molecule has 1 heterocycles. The number of ether oxygens (including phenoxy) is 1. The number of primary amides is 1. The summed E-state index contributed by atoms with van der Waals surface area (Å²) in [5.74, 6) is 0.0725. The Labute approximate surface area is 133 Å². The van der Waals surface area contributed by atoms with Crippen molar-refractivity contribution in [3.63, 3.8) is 0 Å². The second-order valence-corrected chi connectivity index (χ2v) is 5.79. The van der Waals surface area contributed by atoms with Crippen molar-refractivity contribution in [2.45, 2.75) is 19.9 Å². The van der Waals surface area contributed by atoms with Gasteiger partial charge in [0.2, 0.25) is 11.8 Å². The molecule has 5 nitrogen and oxygen atoms in total. The second kappa shape index (κ2) is 7.61. The summed E-state index contributed by atoms with van der Waals surface area (Å²) in [5.41, 5.74) is 6.77. The van der Waals surface area contributed by atoms with Crippen LogP contribution in [0.2, 0.25) is 0 Å². The minimum atomic E-state index is -0.477. The third-order valence-corrected chi connectivity index (χ3v) is 4.17. The summed E-state index contributed by atoms with van der Waals surface area (Å²) in [7, 11) is 0. The van der Waals surface area contributed by atoms with Crippen LogP contribution in [0.15, 0.2) is 35.7 Å². The molecule has 2 aromatic rings. The number of hydrogen-bond donors (Lipinski definition) is 2. The highest BCUT2D eigenvalue weighted by Gasteiger charge is 2.05. The van der Waals surface area contributed by atoms with Gasteiger partial charge in [-0.05, 0) is 48.2 Å². The maximum absolute atomic E-state index is 11.7. The SMILES string of the molecule is Cc1ccsc1CNC(=O)CCOc1ccc(C(N)=O)cc1. The van der Waals surface area contributed by atoms with Crippen LogP contribution in [0.5, 0.6) is 5.75 Å². The van der Waals surface area contributed by atoms with E-state index in [9.17, 15) is 9.59 Å². The Kier molecular flexibility index (Phi) is 5.55. The lowest BCUT2D eigenvalue weighted by molar-refractivity contribution is -0.121. The van der Waals surface area contributed by atoms with Gasteiger partial charge >= 0.3 is 0 Å². The maximum atomic E-state index is 11.7. The Morgan fingerprint density at radius 3 is 2.55 bits per heavy atom. The van der Waals surface area contributed by atoms with Gasteiger partial charge in [-0.25, -0.2) is 0 Å². The van der Waals surface area contributed by atoms with Gasteiger partial charge in [0.05, 0.1) is 19.6 Å². The molecule has 0 spiro atoms. The van der Waals surface area contributed by atoms with Gasteiger partial charge in [0.25, 0.3) is 0 Å². The molecule has 0 aliphatic heterocycles. The lowest BCUT2D eigenvalue weighted by Gasteiger charge is -2.07. The molecule has 6 heteroatoms. The maximum Gasteiger partial charge on any atom is 0.248 e. The molecule has 0 aliphatic carbocycles. The molecule has 0 unspecified atom stereocenters. The summed E-state index contributed by atoms with van der Waals surface area (Å²) < 4.78 is 5.46. The first-order valence-electron chi connectivity index (χ1n) is 6.88. The van der Waals surface area contributed by atoms with Crippen LogP contribution in [0.1, 0.15) is 27.2 Å². The van der Waals surface area contributed by atoms with E-state index < -0.39 is 5.91 Å². The zero-order valence-corrected chi connectivity index (χ0v) is 13.1. The van der Waals surface area contributed by atoms with Crippen molar-refractivity contribution in [3.8, 4) is 5.75 Å². The molecule has 22 heavy (non-hydrogen) atoms. The predicted molar refractivity (Wildman–Crippen MR) is 86.0 cm³/mol. The zero-order chi connectivity index (χ0) is 15.9. The third kappa shape index (κ3) is 4.60. The van der Waals surface area contributed by atoms with E-state index >= 15 is 0 Å². The van der Waals surface area contributed by atoms with E-state index in [1.165, 1.54) is 5.56 Å². The van der Waals surface area contributed by atoms with Crippen LogP contribution in [0, 0.1) is 6.92 Å². The van der Waals surface area contributed by atoms with Crippen molar-refractivity contribution in [1.82, 2.24) is 5.32 Å². The second-order valence-electron chi connectivity index (χ2n) is 4.79. The lowest BCUT2D eigenvalue weighted by Crippen LogP contribution is -2.24. The fourth-order valence-corrected chi connectivity index (χ4v) is 2.68. The van der Waals surface area contributed by atoms with E-state index in [-0.39, 0.29) is 18.9 Å². The number of amides is 2. The molecular weight excluding hydrogens is 300 g/mol. The highest BCUT2D eigenvalue weighted by Crippen LogP contribution is 2.15. The molecule has 0 saturated carbocycles. The molecule has 1 aromatic carbocycles. The van der Waals surface area contributed by atoms with Crippen molar-refractivity contribution in [2.75, 3.05) is 6.61 Å². The van der Waals surface area contributed by atoms with Crippen molar-refractivity contribution in [1.29, 1.82) is 0 Å². The molecule has 2 amide bonds. The van der Waals surface area contributed by atoms with Crippen molar-refractivity contribution in [2.24, 2.45) is 5.73 Å². The van der Waals surface area contributed by atoms with E-state index in [0.29, 0.717) is 17.9 Å². The number of aryl methyl sites for hydroxylation is 1. The Bertz CT molecular complexity index is 650. The summed E-state index contributed by atoms with van der Waals surface area (Å²) in [6, 6.07) is 8.54. The first-order chi connectivity index (χ1) is 10.6. The number of benzene rings is 1. The molecule has 0 bridgehead atoms. The van der Waals surface area contributed by atoms with Crippen molar-refractivity contribution in [3.05, 3.63) is 51.7 Å². The molecule has 3 N–H and O–H groups in total. The van der Waals surface area contributed by atoms with Gasteiger partial charge in [-0.2, -0.15) is 0 Å². The zero-order valence-electron chi connectivity index (χ0n) is 12.3. The van der Waals surface area contributed by atoms with Gasteiger partial charge in [0.1, 0.15) is 5.75 Å². The number of rotatable bonds is 7. The fourth-order valence-electron chi connectivity index (χ4n) is 1.83. The van der Waals surface area contributed by atoms with Crippen LogP contribution < -0.4 is 15.8 Å². The largest absolute Gasteiger partial charge is 0.493 e. The van der Waals surface area contributed by atoms with E-state index in [1.807, 2.05) is 18.4 Å². The topological polar surface area (TPSA) is 81.4 Å². The van der Waals surface area contributed by atoms with E-state index in [2.05, 4.69) is 5.32 Å². The number of thiophene rings is 1. The Hall–Kier alpha value is -2.34. The van der Waals surface area contributed by atoms with E-state index in [1.54, 1.807) is 35.6 Å². The Morgan fingerprint density at radius 2 is 1.95 bits per heavy atom. The minimum absolute atomic E-state index is 0.0541. The minimum Gasteiger partial charge on any atom is -0.493 e. The quantitative estimate of drug-likeness (QED) is 0.821. The molecule has 2 rings (SSSR count). The number of nitrogens with one attached hydrogen (secondary N) is 1. The van der Waals surface area contributed by atoms with Crippen LogP contribution in [-0.4, -0.2) is 18.4 Å². The van der Waals surface area contributed by atoms with Crippen LogP contribution >= 0.6 is 11.3 Å². The summed E-state index contributed by atoms with van der Waals surface area (Å²) in [5, 5.41) is 4.88. The molecule has 0 atom stereocenters. The number of carbonyl (C=O) groups is 2. The standard InChI is InChI=1S/C16H18N2O3S/c1-11-7-9-22-14(11)10-18-15(19)6-8-21-13-4-2-12(3-5-13)16(17)20/h2-5,7,9H,6,8,10H2,1H3,(H2,17,20)(H,18,19). The summed E-state index contributed by atoms with van der Waals surface area (Å²) in [6.07, 6.45) is 0.280. The van der Waals surface area contributed by atoms with Gasteiger partial charge in [0, 0.05) is 10.4 Å². The van der Waals surface area contributed by atoms with E-state index in [4.69, 9.17) is 10.5 Å². The molecule has 0 radical (unpaired) electrons. The summed E-state index contributed by atoms with van der Waals surface area (Å²) in [6.45, 7) is 2.86. The summed E-state index contributed by atoms with van der Waals surface area (Å²) >= 11 is 1.63.